The molecule has 0 aromatic carbocycles. The Morgan fingerprint density at radius 3 is 2.92 bits per heavy atom. The number of hydrogen-bond donors (Lipinski definition) is 1. The van der Waals surface area contributed by atoms with Crippen LogP contribution in [0, 0.1) is 24.6 Å². The molecule has 3 aromatic rings. The molecule has 1 aliphatic carbocycles. The van der Waals surface area contributed by atoms with Gasteiger partial charge in [0.05, 0.1) is 11.7 Å². The zero-order valence-corrected chi connectivity index (χ0v) is 13.5. The first-order valence-electron chi connectivity index (χ1n) is 7.94. The van der Waals surface area contributed by atoms with Crippen molar-refractivity contribution in [2.75, 3.05) is 5.32 Å². The van der Waals surface area contributed by atoms with E-state index in [4.69, 9.17) is 0 Å². The van der Waals surface area contributed by atoms with Gasteiger partial charge in [-0.05, 0) is 43.0 Å². The van der Waals surface area contributed by atoms with Crippen molar-refractivity contribution in [2.45, 2.75) is 20.3 Å². The van der Waals surface area contributed by atoms with Crippen LogP contribution in [0.2, 0.25) is 0 Å². The van der Waals surface area contributed by atoms with Gasteiger partial charge in [-0.3, -0.25) is 9.78 Å². The zero-order chi connectivity index (χ0) is 16.8. The Balaban J connectivity index is 1.66. The quantitative estimate of drug-likeness (QED) is 0.803. The van der Waals surface area contributed by atoms with Crippen LogP contribution in [-0.4, -0.2) is 20.5 Å². The second-order valence-corrected chi connectivity index (χ2v) is 6.43. The van der Waals surface area contributed by atoms with Crippen molar-refractivity contribution >= 4 is 17.2 Å². The third kappa shape index (κ3) is 2.64. The van der Waals surface area contributed by atoms with Gasteiger partial charge in [-0.25, -0.2) is 8.91 Å². The molecule has 122 valence electrons. The van der Waals surface area contributed by atoms with Gasteiger partial charge >= 0.3 is 0 Å². The monoisotopic (exact) mass is 324 g/mol. The minimum Gasteiger partial charge on any atom is -0.309 e. The number of hydrogen-bond acceptors (Lipinski definition) is 3. The van der Waals surface area contributed by atoms with Crippen molar-refractivity contribution in [3.05, 3.63) is 48.2 Å². The SMILES string of the molecule is Cc1cc(-c2ccn3nc(NC(=O)C4CC4C)cc3c2)c(F)cn1. The standard InChI is InChI=1S/C18H17FN4O/c1-10-5-14(10)18(24)21-17-8-13-7-12(3-4-23(13)22-17)15-6-11(2)20-9-16(15)19/h3-4,6-10,14H,5H2,1-2H3,(H,21,22,24). The summed E-state index contributed by atoms with van der Waals surface area (Å²) in [5.74, 6) is 0.719. The van der Waals surface area contributed by atoms with Crippen LogP contribution >= 0.6 is 0 Å². The number of halogens is 1. The number of aryl methyl sites for hydroxylation is 1. The van der Waals surface area contributed by atoms with Gasteiger partial charge in [-0.15, -0.1) is 0 Å². The van der Waals surface area contributed by atoms with E-state index in [0.717, 1.165) is 23.2 Å². The zero-order valence-electron chi connectivity index (χ0n) is 13.5. The summed E-state index contributed by atoms with van der Waals surface area (Å²) >= 11 is 0. The number of aromatic nitrogens is 3. The molecule has 2 unspecified atom stereocenters. The van der Waals surface area contributed by atoms with Crippen molar-refractivity contribution in [3.63, 3.8) is 0 Å². The third-order valence-electron chi connectivity index (χ3n) is 4.46. The van der Waals surface area contributed by atoms with Crippen molar-refractivity contribution in [1.82, 2.24) is 14.6 Å². The Labute approximate surface area is 138 Å². The Morgan fingerprint density at radius 2 is 2.17 bits per heavy atom. The van der Waals surface area contributed by atoms with Crippen LogP contribution in [-0.2, 0) is 4.79 Å². The van der Waals surface area contributed by atoms with Crippen LogP contribution in [0.15, 0.2) is 36.7 Å². The molecule has 2 atom stereocenters. The number of pyridine rings is 2. The summed E-state index contributed by atoms with van der Waals surface area (Å²) in [7, 11) is 0. The molecule has 3 aromatic heterocycles. The first kappa shape index (κ1) is 14.8. The second-order valence-electron chi connectivity index (χ2n) is 6.43. The minimum atomic E-state index is -0.360. The second kappa shape index (κ2) is 5.40. The van der Waals surface area contributed by atoms with E-state index in [1.807, 2.05) is 13.0 Å². The lowest BCUT2D eigenvalue weighted by molar-refractivity contribution is -0.117. The van der Waals surface area contributed by atoms with Crippen molar-refractivity contribution in [1.29, 1.82) is 0 Å². The third-order valence-corrected chi connectivity index (χ3v) is 4.46. The molecule has 0 radical (unpaired) electrons. The van der Waals surface area contributed by atoms with Gasteiger partial charge in [-0.1, -0.05) is 6.92 Å². The van der Waals surface area contributed by atoms with E-state index in [1.54, 1.807) is 28.9 Å². The van der Waals surface area contributed by atoms with E-state index >= 15 is 0 Å². The van der Waals surface area contributed by atoms with E-state index in [2.05, 4.69) is 22.3 Å². The summed E-state index contributed by atoms with van der Waals surface area (Å²) in [6, 6.07) is 7.15. The lowest BCUT2D eigenvalue weighted by atomic mass is 10.1. The number of nitrogens with zero attached hydrogens (tertiary/aromatic N) is 3. The smallest absolute Gasteiger partial charge is 0.228 e. The normalized spacial score (nSPS) is 19.5. The van der Waals surface area contributed by atoms with Gasteiger partial charge in [0.2, 0.25) is 5.91 Å². The lowest BCUT2D eigenvalue weighted by Gasteiger charge is -2.04. The van der Waals surface area contributed by atoms with Gasteiger partial charge in [0, 0.05) is 29.4 Å². The molecule has 6 heteroatoms. The van der Waals surface area contributed by atoms with Crippen LogP contribution in [0.5, 0.6) is 0 Å². The van der Waals surface area contributed by atoms with E-state index in [-0.39, 0.29) is 17.6 Å². The fraction of sp³-hybridized carbons (Fsp3) is 0.278. The molecule has 1 amide bonds. The minimum absolute atomic E-state index is 0.0157. The van der Waals surface area contributed by atoms with Gasteiger partial charge in [0.25, 0.3) is 0 Å². The van der Waals surface area contributed by atoms with E-state index in [0.29, 0.717) is 17.3 Å². The molecular weight excluding hydrogens is 307 g/mol. The first-order chi connectivity index (χ1) is 11.5. The van der Waals surface area contributed by atoms with Gasteiger partial charge in [-0.2, -0.15) is 5.10 Å². The number of amides is 1. The molecule has 1 aliphatic rings. The molecule has 1 N–H and O–H groups in total. The van der Waals surface area contributed by atoms with Crippen LogP contribution in [0.3, 0.4) is 0 Å². The highest BCUT2D eigenvalue weighted by molar-refractivity contribution is 5.94. The molecule has 4 rings (SSSR count). The molecule has 0 spiro atoms. The van der Waals surface area contributed by atoms with E-state index in [9.17, 15) is 9.18 Å². The lowest BCUT2D eigenvalue weighted by Crippen LogP contribution is -2.14. The highest BCUT2D eigenvalue weighted by Gasteiger charge is 2.39. The highest BCUT2D eigenvalue weighted by atomic mass is 19.1. The van der Waals surface area contributed by atoms with Crippen molar-refractivity contribution in [2.24, 2.45) is 11.8 Å². The molecule has 1 saturated carbocycles. The fourth-order valence-corrected chi connectivity index (χ4v) is 2.89. The maximum atomic E-state index is 14.0. The molecule has 0 aliphatic heterocycles. The van der Waals surface area contributed by atoms with Crippen molar-refractivity contribution in [3.8, 4) is 11.1 Å². The van der Waals surface area contributed by atoms with Gasteiger partial charge in [0.15, 0.2) is 5.82 Å². The summed E-state index contributed by atoms with van der Waals surface area (Å²) in [6.45, 7) is 3.89. The van der Waals surface area contributed by atoms with Gasteiger partial charge in [0.1, 0.15) is 5.82 Å². The molecule has 1 fully saturated rings. The first-order valence-corrected chi connectivity index (χ1v) is 7.94. The maximum absolute atomic E-state index is 14.0. The summed E-state index contributed by atoms with van der Waals surface area (Å²) in [4.78, 5) is 16.0. The Morgan fingerprint density at radius 1 is 1.38 bits per heavy atom. The summed E-state index contributed by atoms with van der Waals surface area (Å²) in [5.41, 5.74) is 2.80. The molecule has 5 nitrogen and oxygen atoms in total. The number of nitrogens with one attached hydrogen (secondary N) is 1. The number of rotatable bonds is 3. The average Bonchev–Trinajstić information content (AvgIpc) is 3.15. The maximum Gasteiger partial charge on any atom is 0.228 e. The summed E-state index contributed by atoms with van der Waals surface area (Å²) in [5, 5.41) is 7.19. The Bertz CT molecular complexity index is 949. The fourth-order valence-electron chi connectivity index (χ4n) is 2.89. The molecule has 24 heavy (non-hydrogen) atoms. The summed E-state index contributed by atoms with van der Waals surface area (Å²) in [6.07, 6.45) is 3.92. The van der Waals surface area contributed by atoms with Crippen LogP contribution < -0.4 is 5.32 Å². The topological polar surface area (TPSA) is 59.3 Å². The molecule has 0 bridgehead atoms. The van der Waals surface area contributed by atoms with Crippen LogP contribution in [0.25, 0.3) is 16.6 Å². The van der Waals surface area contributed by atoms with Crippen LogP contribution in [0.4, 0.5) is 10.2 Å². The van der Waals surface area contributed by atoms with Gasteiger partial charge < -0.3 is 5.32 Å². The highest BCUT2D eigenvalue weighted by Crippen LogP contribution is 2.38. The predicted molar refractivity (Wildman–Crippen MR) is 89.0 cm³/mol. The summed E-state index contributed by atoms with van der Waals surface area (Å²) < 4.78 is 15.7. The van der Waals surface area contributed by atoms with E-state index < -0.39 is 0 Å². The largest absolute Gasteiger partial charge is 0.309 e. The predicted octanol–water partition coefficient (Wildman–Crippen LogP) is 3.44. The Kier molecular flexibility index (Phi) is 3.33. The van der Waals surface area contributed by atoms with Crippen molar-refractivity contribution < 1.29 is 9.18 Å². The van der Waals surface area contributed by atoms with Crippen LogP contribution in [0.1, 0.15) is 19.0 Å². The molecule has 0 saturated heterocycles. The molecular formula is C18H17FN4O. The van der Waals surface area contributed by atoms with E-state index in [1.165, 1.54) is 6.20 Å². The number of fused-ring (bicyclic) bond motifs is 1. The Hall–Kier alpha value is -2.76. The average molecular weight is 324 g/mol. The number of carbonyl (C=O) groups excluding carboxylic acids is 1. The number of anilines is 1. The number of carbonyl (C=O) groups is 1. The molecule has 3 heterocycles.